The fourth-order valence-electron chi connectivity index (χ4n) is 0.729. The Bertz CT molecular complexity index is 191. The van der Waals surface area contributed by atoms with E-state index in [9.17, 15) is 0 Å². The molecule has 0 radical (unpaired) electrons. The maximum atomic E-state index is 4.98. The molecule has 0 N–H and O–H groups in total. The summed E-state index contributed by atoms with van der Waals surface area (Å²) in [6.45, 7) is 4.07. The van der Waals surface area contributed by atoms with Gasteiger partial charge in [-0.15, -0.1) is 0 Å². The van der Waals surface area contributed by atoms with E-state index in [0.717, 1.165) is 0 Å². The van der Waals surface area contributed by atoms with Crippen LogP contribution in [0.5, 0.6) is 0 Å². The predicted molar refractivity (Wildman–Crippen MR) is 48.2 cm³/mol. The minimum absolute atomic E-state index is 0. The maximum Gasteiger partial charge on any atom is 0.112 e. The van der Waals surface area contributed by atoms with Crippen LogP contribution in [0.25, 0.3) is 0 Å². The zero-order valence-corrected chi connectivity index (χ0v) is 5.79. The van der Waals surface area contributed by atoms with Crippen LogP contribution in [0.4, 0.5) is 0 Å². The largest absolute Gasteiger partial charge is 0.497 e. The fourth-order valence-corrected chi connectivity index (χ4v) is 0.729. The molecule has 11 heavy (non-hydrogen) atoms. The Kier molecular flexibility index (Phi) is 4.91. The van der Waals surface area contributed by atoms with Crippen LogP contribution in [0.3, 0.4) is 0 Å². The Labute approximate surface area is 68.3 Å². The molecule has 0 aromatic heterocycles. The predicted octanol–water partition coefficient (Wildman–Crippen LogP) is 2.98. The average molecular weight is 150 g/mol. The molecule has 0 amide bonds. The lowest BCUT2D eigenvalue weighted by Crippen LogP contribution is -1.83. The molecule has 1 aromatic rings. The lowest BCUT2D eigenvalue weighted by atomic mass is 10.2. The summed E-state index contributed by atoms with van der Waals surface area (Å²) in [7, 11) is 0. The van der Waals surface area contributed by atoms with E-state index in [1.165, 1.54) is 11.8 Å². The van der Waals surface area contributed by atoms with Gasteiger partial charge in [0.25, 0.3) is 0 Å². The topological polar surface area (TPSA) is 9.23 Å². The molecule has 0 fully saturated rings. The highest BCUT2D eigenvalue weighted by atomic mass is 16.5. The molecule has 0 saturated carbocycles. The highest BCUT2D eigenvalue weighted by Gasteiger charge is 1.85. The Hall–Kier alpha value is -1.24. The van der Waals surface area contributed by atoms with Gasteiger partial charge in [0.05, 0.1) is 6.26 Å². The Morgan fingerprint density at radius 1 is 1.27 bits per heavy atom. The van der Waals surface area contributed by atoms with Gasteiger partial charge < -0.3 is 4.74 Å². The van der Waals surface area contributed by atoms with Gasteiger partial charge in [0, 0.05) is 0 Å². The van der Waals surface area contributed by atoms with E-state index in [1.807, 2.05) is 30.3 Å². The monoisotopic (exact) mass is 150 g/mol. The van der Waals surface area contributed by atoms with Gasteiger partial charge >= 0.3 is 0 Å². The number of benzene rings is 1. The molecule has 0 aliphatic rings. The van der Waals surface area contributed by atoms with Gasteiger partial charge in [-0.25, -0.2) is 0 Å². The first-order valence-electron chi connectivity index (χ1n) is 3.20. The van der Waals surface area contributed by atoms with Crippen LogP contribution in [0, 0.1) is 0 Å². The van der Waals surface area contributed by atoms with E-state index in [4.69, 9.17) is 4.74 Å². The molecule has 0 atom stereocenters. The van der Waals surface area contributed by atoms with E-state index in [2.05, 4.69) is 6.58 Å². The Morgan fingerprint density at radius 2 is 1.91 bits per heavy atom. The number of rotatable bonds is 3. The van der Waals surface area contributed by atoms with Crippen molar-refractivity contribution in [3.05, 3.63) is 48.7 Å². The van der Waals surface area contributed by atoms with Gasteiger partial charge in [-0.1, -0.05) is 44.3 Å². The van der Waals surface area contributed by atoms with Crippen LogP contribution < -0.4 is 0 Å². The third kappa shape index (κ3) is 3.46. The quantitative estimate of drug-likeness (QED) is 0.602. The van der Waals surface area contributed by atoms with Crippen molar-refractivity contribution in [1.82, 2.24) is 0 Å². The molecule has 0 saturated heterocycles. The summed E-state index contributed by atoms with van der Waals surface area (Å²) in [5.74, 6) is 0. The average Bonchev–Trinajstić information content (AvgIpc) is 2.03. The molecule has 1 heteroatoms. The number of hydrogen-bond donors (Lipinski definition) is 0. The zero-order chi connectivity index (χ0) is 7.23. The Balaban J connectivity index is 0.000001000. The van der Waals surface area contributed by atoms with Crippen molar-refractivity contribution in [2.45, 2.75) is 14.0 Å². The van der Waals surface area contributed by atoms with Crippen LogP contribution in [-0.4, -0.2) is 0 Å². The van der Waals surface area contributed by atoms with Crippen LogP contribution in [0.2, 0.25) is 0 Å². The molecular weight excluding hydrogens is 136 g/mol. The number of hydrogen-bond acceptors (Lipinski definition) is 1. The summed E-state index contributed by atoms with van der Waals surface area (Å²) in [4.78, 5) is 0. The highest BCUT2D eigenvalue weighted by Crippen LogP contribution is 1.99. The first kappa shape index (κ1) is 9.76. The second-order valence-electron chi connectivity index (χ2n) is 1.96. The van der Waals surface area contributed by atoms with Crippen LogP contribution in [0.15, 0.2) is 43.2 Å². The molecule has 0 bridgehead atoms. The van der Waals surface area contributed by atoms with Gasteiger partial charge in [-0.2, -0.15) is 0 Å². The Morgan fingerprint density at radius 3 is 2.45 bits per heavy atom. The summed E-state index contributed by atoms with van der Waals surface area (Å²) >= 11 is 0. The zero-order valence-electron chi connectivity index (χ0n) is 5.79. The second kappa shape index (κ2) is 5.54. The lowest BCUT2D eigenvalue weighted by molar-refractivity contribution is 0.237. The van der Waals surface area contributed by atoms with E-state index >= 15 is 0 Å². The summed E-state index contributed by atoms with van der Waals surface area (Å²) < 4.78 is 4.98. The molecule has 60 valence electrons. The molecular formula is C10H14O. The van der Waals surface area contributed by atoms with Crippen molar-refractivity contribution in [3.63, 3.8) is 0 Å². The number of ether oxygens (including phenoxy) is 1. The standard InChI is InChI=1S/C9H10O.CH4/c1-2-10-8-9-6-4-3-5-7-9;/h2-7H,1,8H2;1H4. The summed E-state index contributed by atoms with van der Waals surface area (Å²) in [6.07, 6.45) is 1.45. The summed E-state index contributed by atoms with van der Waals surface area (Å²) in [5, 5.41) is 0. The minimum atomic E-state index is 0. The third-order valence-corrected chi connectivity index (χ3v) is 1.21. The van der Waals surface area contributed by atoms with Crippen LogP contribution >= 0.6 is 0 Å². The van der Waals surface area contributed by atoms with Crippen molar-refractivity contribution in [2.75, 3.05) is 0 Å². The van der Waals surface area contributed by atoms with E-state index in [-0.39, 0.29) is 7.43 Å². The summed E-state index contributed by atoms with van der Waals surface area (Å²) in [5.41, 5.74) is 1.17. The molecule has 0 unspecified atom stereocenters. The van der Waals surface area contributed by atoms with E-state index < -0.39 is 0 Å². The van der Waals surface area contributed by atoms with Gasteiger partial charge in [0.15, 0.2) is 0 Å². The minimum Gasteiger partial charge on any atom is -0.497 e. The van der Waals surface area contributed by atoms with Crippen molar-refractivity contribution >= 4 is 0 Å². The highest BCUT2D eigenvalue weighted by molar-refractivity contribution is 5.13. The van der Waals surface area contributed by atoms with E-state index in [1.54, 1.807) is 0 Å². The second-order valence-corrected chi connectivity index (χ2v) is 1.96. The van der Waals surface area contributed by atoms with Gasteiger partial charge in [-0.05, 0) is 5.56 Å². The van der Waals surface area contributed by atoms with Gasteiger partial charge in [0.1, 0.15) is 6.61 Å². The third-order valence-electron chi connectivity index (χ3n) is 1.21. The smallest absolute Gasteiger partial charge is 0.112 e. The molecule has 1 aromatic carbocycles. The van der Waals surface area contributed by atoms with E-state index in [0.29, 0.717) is 6.61 Å². The lowest BCUT2D eigenvalue weighted by Gasteiger charge is -1.98. The molecule has 0 aliphatic heterocycles. The van der Waals surface area contributed by atoms with Crippen molar-refractivity contribution in [1.29, 1.82) is 0 Å². The maximum absolute atomic E-state index is 4.98. The molecule has 1 rings (SSSR count). The molecule has 0 spiro atoms. The first-order valence-corrected chi connectivity index (χ1v) is 3.20. The van der Waals surface area contributed by atoms with Crippen LogP contribution in [-0.2, 0) is 11.3 Å². The normalized spacial score (nSPS) is 8.00. The summed E-state index contributed by atoms with van der Waals surface area (Å²) in [6, 6.07) is 9.99. The van der Waals surface area contributed by atoms with Gasteiger partial charge in [0.2, 0.25) is 0 Å². The fraction of sp³-hybridized carbons (Fsp3) is 0.200. The molecule has 1 nitrogen and oxygen atoms in total. The van der Waals surface area contributed by atoms with Crippen molar-refractivity contribution in [3.8, 4) is 0 Å². The van der Waals surface area contributed by atoms with Crippen LogP contribution in [0.1, 0.15) is 13.0 Å². The first-order chi connectivity index (χ1) is 4.93. The van der Waals surface area contributed by atoms with Crippen molar-refractivity contribution in [2.24, 2.45) is 0 Å². The SMILES string of the molecule is C.C=COCc1ccccc1. The van der Waals surface area contributed by atoms with Crippen molar-refractivity contribution < 1.29 is 4.74 Å². The van der Waals surface area contributed by atoms with Gasteiger partial charge in [-0.3, -0.25) is 0 Å². The molecule has 0 heterocycles. The molecule has 0 aliphatic carbocycles.